The maximum atomic E-state index is 9.22. The van der Waals surface area contributed by atoms with E-state index < -0.39 is 0 Å². The fourth-order valence-electron chi connectivity index (χ4n) is 0.861. The predicted octanol–water partition coefficient (Wildman–Crippen LogP) is 0.534. The van der Waals surface area contributed by atoms with Crippen LogP contribution in [0.3, 0.4) is 0 Å². The summed E-state index contributed by atoms with van der Waals surface area (Å²) in [5.41, 5.74) is 1.06. The molecule has 0 aliphatic carbocycles. The molecule has 1 aromatic rings. The molecule has 0 spiro atoms. The summed E-state index contributed by atoms with van der Waals surface area (Å²) in [6, 6.07) is 7.96. The van der Waals surface area contributed by atoms with E-state index in [1.807, 2.05) is 24.3 Å². The zero-order valence-electron chi connectivity index (χ0n) is 5.83. The van der Waals surface area contributed by atoms with Gasteiger partial charge in [-0.2, -0.15) is 0 Å². The number of aliphatic hydroxyl groups is 1. The summed E-state index contributed by atoms with van der Waals surface area (Å²) in [6.45, 7) is 1.79. The van der Waals surface area contributed by atoms with Crippen LogP contribution in [0.5, 0.6) is 0 Å². The normalized spacial score (nSPS) is 13.1. The first kappa shape index (κ1) is 8.08. The van der Waals surface area contributed by atoms with Crippen LogP contribution < -0.4 is 3.58 Å². The van der Waals surface area contributed by atoms with Gasteiger partial charge in [0.2, 0.25) is 0 Å². The Labute approximate surface area is 74.2 Å². The first-order chi connectivity index (χ1) is 4.72. The molecule has 0 aliphatic rings. The van der Waals surface area contributed by atoms with E-state index in [0.29, 0.717) is 0 Å². The minimum atomic E-state index is -0.324. The molecule has 0 amide bonds. The van der Waals surface area contributed by atoms with Gasteiger partial charge in [0.05, 0.1) is 0 Å². The summed E-state index contributed by atoms with van der Waals surface area (Å²) in [5.74, 6) is 0. The van der Waals surface area contributed by atoms with E-state index in [9.17, 15) is 5.11 Å². The monoisotopic (exact) mass is 241 g/mol. The van der Waals surface area contributed by atoms with E-state index in [2.05, 4.69) is 0 Å². The molecule has 0 fully saturated rings. The van der Waals surface area contributed by atoms with Gasteiger partial charge in [-0.05, 0) is 0 Å². The SMILES string of the molecule is CC(O)c1cccc[c]1[Sn]. The fourth-order valence-corrected chi connectivity index (χ4v) is 1.97. The molecule has 1 nitrogen and oxygen atoms in total. The number of benzene rings is 1. The Morgan fingerprint density at radius 3 is 2.40 bits per heavy atom. The van der Waals surface area contributed by atoms with E-state index in [1.165, 1.54) is 26.1 Å². The molecule has 1 atom stereocenters. The molecule has 10 heavy (non-hydrogen) atoms. The Bertz CT molecular complexity index is 220. The van der Waals surface area contributed by atoms with Crippen molar-refractivity contribution in [2.24, 2.45) is 0 Å². The first-order valence-electron chi connectivity index (χ1n) is 3.20. The molecule has 2 heteroatoms. The van der Waals surface area contributed by atoms with Crippen LogP contribution in [0.25, 0.3) is 0 Å². The van der Waals surface area contributed by atoms with E-state index in [0.717, 1.165) is 5.56 Å². The molecule has 0 aromatic heterocycles. The third kappa shape index (κ3) is 1.73. The van der Waals surface area contributed by atoms with Crippen molar-refractivity contribution in [3.63, 3.8) is 0 Å². The third-order valence-electron chi connectivity index (χ3n) is 1.41. The second kappa shape index (κ2) is 3.39. The standard InChI is InChI=1S/C8H9O.Sn/c1-7(9)8-5-3-2-4-6-8;/h2-5,7,9H,1H3;. The maximum absolute atomic E-state index is 9.22. The summed E-state index contributed by atoms with van der Waals surface area (Å²) in [4.78, 5) is 0. The van der Waals surface area contributed by atoms with Crippen molar-refractivity contribution in [2.75, 3.05) is 0 Å². The van der Waals surface area contributed by atoms with Crippen LogP contribution in [0.1, 0.15) is 18.6 Å². The van der Waals surface area contributed by atoms with Crippen molar-refractivity contribution in [3.05, 3.63) is 29.8 Å². The molecule has 0 saturated heterocycles. The van der Waals surface area contributed by atoms with Gasteiger partial charge in [-0.15, -0.1) is 0 Å². The molecule has 0 heterocycles. The van der Waals surface area contributed by atoms with Crippen LogP contribution in [0.4, 0.5) is 0 Å². The van der Waals surface area contributed by atoms with Crippen LogP contribution in [0.15, 0.2) is 24.3 Å². The van der Waals surface area contributed by atoms with Crippen molar-refractivity contribution < 1.29 is 5.11 Å². The molecule has 0 aliphatic heterocycles. The number of aliphatic hydroxyl groups excluding tert-OH is 1. The van der Waals surface area contributed by atoms with Crippen molar-refractivity contribution >= 4 is 26.1 Å². The second-order valence-corrected chi connectivity index (χ2v) is 3.80. The number of rotatable bonds is 1. The molecule has 1 aromatic carbocycles. The van der Waals surface area contributed by atoms with Crippen molar-refractivity contribution in [2.45, 2.75) is 13.0 Å². The predicted molar refractivity (Wildman–Crippen MR) is 42.5 cm³/mol. The molecular weight excluding hydrogens is 231 g/mol. The Morgan fingerprint density at radius 2 is 2.00 bits per heavy atom. The number of hydrogen-bond acceptors (Lipinski definition) is 1. The van der Waals surface area contributed by atoms with Crippen LogP contribution in [0, 0.1) is 0 Å². The molecule has 3 radical (unpaired) electrons. The summed E-state index contributed by atoms with van der Waals surface area (Å²) in [5, 5.41) is 9.22. The average molecular weight is 240 g/mol. The van der Waals surface area contributed by atoms with Crippen molar-refractivity contribution in [3.8, 4) is 0 Å². The van der Waals surface area contributed by atoms with Gasteiger partial charge < -0.3 is 0 Å². The Morgan fingerprint density at radius 1 is 1.40 bits per heavy atom. The summed E-state index contributed by atoms with van der Waals surface area (Å²) >= 11 is 1.36. The molecule has 0 bridgehead atoms. The van der Waals surface area contributed by atoms with E-state index in [1.54, 1.807) is 6.92 Å². The van der Waals surface area contributed by atoms with Crippen LogP contribution in [-0.2, 0) is 0 Å². The van der Waals surface area contributed by atoms with Gasteiger partial charge >= 0.3 is 74.1 Å². The average Bonchev–Trinajstić information content (AvgIpc) is 1.88. The fraction of sp³-hybridized carbons (Fsp3) is 0.250. The molecule has 1 rings (SSSR count). The Balaban J connectivity index is 3.03. The van der Waals surface area contributed by atoms with Gasteiger partial charge in [0.15, 0.2) is 0 Å². The van der Waals surface area contributed by atoms with Gasteiger partial charge in [0.25, 0.3) is 0 Å². The van der Waals surface area contributed by atoms with Crippen LogP contribution in [-0.4, -0.2) is 27.6 Å². The number of hydrogen-bond donors (Lipinski definition) is 1. The zero-order chi connectivity index (χ0) is 7.56. The topological polar surface area (TPSA) is 20.2 Å². The molecular formula is C8H9OSn. The van der Waals surface area contributed by atoms with E-state index in [4.69, 9.17) is 0 Å². The third-order valence-corrected chi connectivity index (χ3v) is 2.71. The van der Waals surface area contributed by atoms with Crippen LogP contribution >= 0.6 is 0 Å². The van der Waals surface area contributed by atoms with Gasteiger partial charge in [-0.1, -0.05) is 0 Å². The quantitative estimate of drug-likeness (QED) is 0.710. The Kier molecular flexibility index (Phi) is 2.74. The van der Waals surface area contributed by atoms with Crippen LogP contribution in [0.2, 0.25) is 0 Å². The summed E-state index contributed by atoms with van der Waals surface area (Å²) in [7, 11) is 0. The van der Waals surface area contributed by atoms with E-state index in [-0.39, 0.29) is 6.10 Å². The molecule has 0 saturated carbocycles. The van der Waals surface area contributed by atoms with Gasteiger partial charge in [0.1, 0.15) is 0 Å². The Hall–Kier alpha value is -0.0213. The molecule has 51 valence electrons. The van der Waals surface area contributed by atoms with E-state index >= 15 is 0 Å². The van der Waals surface area contributed by atoms with Gasteiger partial charge in [-0.25, -0.2) is 0 Å². The zero-order valence-corrected chi connectivity index (χ0v) is 8.69. The van der Waals surface area contributed by atoms with Crippen molar-refractivity contribution in [1.29, 1.82) is 0 Å². The summed E-state index contributed by atoms with van der Waals surface area (Å²) in [6.07, 6.45) is -0.324. The summed E-state index contributed by atoms with van der Waals surface area (Å²) < 4.78 is 1.24. The molecule has 1 N–H and O–H groups in total. The first-order valence-corrected chi connectivity index (χ1v) is 4.63. The molecule has 1 unspecified atom stereocenters. The second-order valence-electron chi connectivity index (χ2n) is 2.26. The van der Waals surface area contributed by atoms with Gasteiger partial charge in [0, 0.05) is 0 Å². The van der Waals surface area contributed by atoms with Gasteiger partial charge in [-0.3, -0.25) is 0 Å². The minimum absolute atomic E-state index is 0.324. The van der Waals surface area contributed by atoms with Crippen molar-refractivity contribution in [1.82, 2.24) is 0 Å².